The molecule has 3 amide bonds. The Balaban J connectivity index is 1.86. The quantitative estimate of drug-likeness (QED) is 0.522. The number of carbonyl (C=O) groups is 2. The largest absolute Gasteiger partial charge is 0.488 e. The van der Waals surface area contributed by atoms with E-state index in [0.29, 0.717) is 47.2 Å². The first-order chi connectivity index (χ1) is 15.7. The van der Waals surface area contributed by atoms with E-state index in [1.807, 2.05) is 20.9 Å². The summed E-state index contributed by atoms with van der Waals surface area (Å²) in [5.41, 5.74) is 2.29. The standard InChI is InChI=1S/C23H33N5O5/c1-13-11-28(14(2)12-29)21(30)9-17-8-18(6-7-19(17)32-20(13)10-24-5)25-23(31)26-22-15(3)27-33-16(22)4/h6-8,13-14,20,24,29H,9-12H2,1-5H3,(H2,25,26,31)/t13-,14-,20+/m1/s1. The smallest absolute Gasteiger partial charge is 0.323 e. The van der Waals surface area contributed by atoms with Crippen molar-refractivity contribution in [3.8, 4) is 5.75 Å². The molecule has 180 valence electrons. The molecular weight excluding hydrogens is 426 g/mol. The molecule has 3 rings (SSSR count). The highest BCUT2D eigenvalue weighted by molar-refractivity contribution is 6.00. The third-order valence-corrected chi connectivity index (χ3v) is 5.85. The second-order valence-electron chi connectivity index (χ2n) is 8.55. The summed E-state index contributed by atoms with van der Waals surface area (Å²) in [4.78, 5) is 27.4. The Morgan fingerprint density at radius 2 is 2.09 bits per heavy atom. The predicted octanol–water partition coefficient (Wildman–Crippen LogP) is 2.30. The SMILES string of the molecule is CNC[C@@H]1Oc2ccc(NC(=O)Nc3c(C)noc3C)cc2CC(=O)N([C@H](C)CO)C[C@H]1C. The Bertz CT molecular complexity index is 972. The van der Waals surface area contributed by atoms with Crippen LogP contribution in [0.1, 0.15) is 30.9 Å². The minimum atomic E-state index is -0.447. The zero-order chi connectivity index (χ0) is 24.1. The van der Waals surface area contributed by atoms with Gasteiger partial charge in [0, 0.05) is 30.3 Å². The zero-order valence-electron chi connectivity index (χ0n) is 19.8. The molecule has 1 aliphatic rings. The molecule has 10 nitrogen and oxygen atoms in total. The second kappa shape index (κ2) is 10.7. The molecule has 1 aromatic carbocycles. The number of urea groups is 1. The maximum atomic E-state index is 13.1. The summed E-state index contributed by atoms with van der Waals surface area (Å²) >= 11 is 0. The van der Waals surface area contributed by atoms with Gasteiger partial charge in [-0.3, -0.25) is 4.79 Å². The molecule has 2 heterocycles. The van der Waals surface area contributed by atoms with E-state index < -0.39 is 6.03 Å². The van der Waals surface area contributed by atoms with Crippen LogP contribution in [0.25, 0.3) is 0 Å². The molecule has 0 saturated carbocycles. The number of fused-ring (bicyclic) bond motifs is 1. The van der Waals surface area contributed by atoms with Crippen molar-refractivity contribution >= 4 is 23.3 Å². The lowest BCUT2D eigenvalue weighted by molar-refractivity contribution is -0.134. The molecule has 2 aromatic rings. The topological polar surface area (TPSA) is 129 Å². The van der Waals surface area contributed by atoms with E-state index >= 15 is 0 Å². The van der Waals surface area contributed by atoms with Crippen molar-refractivity contribution < 1.29 is 24.0 Å². The first kappa shape index (κ1) is 24.5. The molecule has 33 heavy (non-hydrogen) atoms. The van der Waals surface area contributed by atoms with Crippen LogP contribution in [0.5, 0.6) is 5.75 Å². The normalized spacial score (nSPS) is 19.6. The van der Waals surface area contributed by atoms with E-state index in [2.05, 4.69) is 21.1 Å². The second-order valence-corrected chi connectivity index (χ2v) is 8.55. The average Bonchev–Trinajstić information content (AvgIpc) is 3.11. The van der Waals surface area contributed by atoms with E-state index in [1.165, 1.54) is 0 Å². The van der Waals surface area contributed by atoms with Crippen LogP contribution in [0.2, 0.25) is 0 Å². The van der Waals surface area contributed by atoms with Gasteiger partial charge >= 0.3 is 6.03 Å². The summed E-state index contributed by atoms with van der Waals surface area (Å²) in [6, 6.07) is 4.50. The van der Waals surface area contributed by atoms with Gasteiger partial charge in [-0.05, 0) is 46.0 Å². The van der Waals surface area contributed by atoms with Crippen molar-refractivity contribution in [1.29, 1.82) is 0 Å². The fourth-order valence-electron chi connectivity index (χ4n) is 3.89. The first-order valence-electron chi connectivity index (χ1n) is 11.1. The van der Waals surface area contributed by atoms with Crippen LogP contribution in [0, 0.1) is 19.8 Å². The summed E-state index contributed by atoms with van der Waals surface area (Å²) in [5.74, 6) is 1.06. The van der Waals surface area contributed by atoms with Crippen molar-refractivity contribution in [3.05, 3.63) is 35.2 Å². The van der Waals surface area contributed by atoms with Crippen molar-refractivity contribution in [2.75, 3.05) is 37.4 Å². The summed E-state index contributed by atoms with van der Waals surface area (Å²) in [5, 5.41) is 22.2. The molecule has 0 spiro atoms. The summed E-state index contributed by atoms with van der Waals surface area (Å²) in [7, 11) is 1.85. The number of ether oxygens (including phenoxy) is 1. The minimum absolute atomic E-state index is 0.0416. The van der Waals surface area contributed by atoms with E-state index in [-0.39, 0.29) is 37.0 Å². The van der Waals surface area contributed by atoms with Crippen LogP contribution in [0.15, 0.2) is 22.7 Å². The Morgan fingerprint density at radius 1 is 1.33 bits per heavy atom. The van der Waals surface area contributed by atoms with Crippen LogP contribution in [0.3, 0.4) is 0 Å². The maximum Gasteiger partial charge on any atom is 0.323 e. The molecule has 10 heteroatoms. The van der Waals surface area contributed by atoms with Gasteiger partial charge in [0.05, 0.1) is 19.1 Å². The van der Waals surface area contributed by atoms with Crippen LogP contribution in [-0.2, 0) is 11.2 Å². The number of aromatic nitrogens is 1. The highest BCUT2D eigenvalue weighted by atomic mass is 16.5. The van der Waals surface area contributed by atoms with E-state index in [9.17, 15) is 14.7 Å². The van der Waals surface area contributed by atoms with Gasteiger partial charge in [0.2, 0.25) is 5.91 Å². The highest BCUT2D eigenvalue weighted by Gasteiger charge is 2.30. The number of likely N-dealkylation sites (N-methyl/N-ethyl adjacent to an activating group) is 1. The molecule has 1 aromatic heterocycles. The molecule has 0 saturated heterocycles. The number of benzene rings is 1. The van der Waals surface area contributed by atoms with Gasteiger partial charge in [-0.2, -0.15) is 0 Å². The number of nitrogens with zero attached hydrogens (tertiary/aromatic N) is 2. The van der Waals surface area contributed by atoms with Gasteiger partial charge in [0.1, 0.15) is 23.2 Å². The number of aryl methyl sites for hydroxylation is 2. The molecule has 0 unspecified atom stereocenters. The Kier molecular flexibility index (Phi) is 7.93. The number of nitrogens with one attached hydrogen (secondary N) is 3. The molecule has 3 atom stereocenters. The maximum absolute atomic E-state index is 13.1. The van der Waals surface area contributed by atoms with Crippen LogP contribution in [-0.4, -0.2) is 66.0 Å². The number of amides is 3. The van der Waals surface area contributed by atoms with Gasteiger partial charge in [0.25, 0.3) is 0 Å². The monoisotopic (exact) mass is 459 g/mol. The van der Waals surface area contributed by atoms with E-state index in [0.717, 1.165) is 0 Å². The van der Waals surface area contributed by atoms with Crippen molar-refractivity contribution in [2.24, 2.45) is 5.92 Å². The fraction of sp³-hybridized carbons (Fsp3) is 0.522. The summed E-state index contributed by atoms with van der Waals surface area (Å²) in [6.45, 7) is 8.29. The van der Waals surface area contributed by atoms with Crippen molar-refractivity contribution in [1.82, 2.24) is 15.4 Å². The molecule has 1 aliphatic heterocycles. The molecular formula is C23H33N5O5. The number of hydrogen-bond acceptors (Lipinski definition) is 7. The van der Waals surface area contributed by atoms with Crippen LogP contribution < -0.4 is 20.7 Å². The van der Waals surface area contributed by atoms with Crippen molar-refractivity contribution in [2.45, 2.75) is 46.3 Å². The Hall–Kier alpha value is -3.11. The third-order valence-electron chi connectivity index (χ3n) is 5.85. The average molecular weight is 460 g/mol. The lowest BCUT2D eigenvalue weighted by Gasteiger charge is -2.32. The number of aliphatic hydroxyl groups excluding tert-OH is 1. The Morgan fingerprint density at radius 3 is 2.73 bits per heavy atom. The van der Waals surface area contributed by atoms with Gasteiger partial charge in [-0.25, -0.2) is 4.79 Å². The van der Waals surface area contributed by atoms with Crippen LogP contribution in [0.4, 0.5) is 16.2 Å². The van der Waals surface area contributed by atoms with Gasteiger partial charge in [-0.1, -0.05) is 12.1 Å². The predicted molar refractivity (Wildman–Crippen MR) is 125 cm³/mol. The van der Waals surface area contributed by atoms with E-state index in [1.54, 1.807) is 36.9 Å². The zero-order valence-corrected chi connectivity index (χ0v) is 19.8. The molecule has 0 bridgehead atoms. The molecule has 0 aliphatic carbocycles. The van der Waals surface area contributed by atoms with Gasteiger partial charge in [0.15, 0.2) is 5.76 Å². The molecule has 0 radical (unpaired) electrons. The first-order valence-corrected chi connectivity index (χ1v) is 11.1. The van der Waals surface area contributed by atoms with Gasteiger partial charge in [-0.15, -0.1) is 0 Å². The number of rotatable bonds is 6. The van der Waals surface area contributed by atoms with E-state index in [4.69, 9.17) is 9.26 Å². The number of anilines is 2. The molecule has 4 N–H and O–H groups in total. The third kappa shape index (κ3) is 5.82. The number of hydrogen-bond donors (Lipinski definition) is 4. The van der Waals surface area contributed by atoms with Crippen molar-refractivity contribution in [3.63, 3.8) is 0 Å². The van der Waals surface area contributed by atoms with Gasteiger partial charge < -0.3 is 35.2 Å². The lowest BCUT2D eigenvalue weighted by Crippen LogP contribution is -2.47. The van der Waals surface area contributed by atoms with Crippen LogP contribution >= 0.6 is 0 Å². The summed E-state index contributed by atoms with van der Waals surface area (Å²) < 4.78 is 11.4. The fourth-order valence-corrected chi connectivity index (χ4v) is 3.89. The summed E-state index contributed by atoms with van der Waals surface area (Å²) in [6.07, 6.45) is -0.0747. The molecule has 0 fully saturated rings. The lowest BCUT2D eigenvalue weighted by atomic mass is 10.0. The Labute approximate surface area is 193 Å². The highest BCUT2D eigenvalue weighted by Crippen LogP contribution is 2.29. The number of carbonyl (C=O) groups excluding carboxylic acids is 2. The minimum Gasteiger partial charge on any atom is -0.488 e. The number of aliphatic hydroxyl groups is 1.